The fourth-order valence-electron chi connectivity index (χ4n) is 3.83. The molecule has 0 spiro atoms. The van der Waals surface area contributed by atoms with Gasteiger partial charge in [0.15, 0.2) is 17.1 Å². The van der Waals surface area contributed by atoms with Gasteiger partial charge in [-0.15, -0.1) is 10.2 Å². The van der Waals surface area contributed by atoms with Crippen LogP contribution in [0.5, 0.6) is 11.5 Å². The quantitative estimate of drug-likeness (QED) is 0.426. The molecule has 0 saturated carbocycles. The molecular formula is C24H26N6O3S. The summed E-state index contributed by atoms with van der Waals surface area (Å²) in [7, 11) is 0. The molecular weight excluding hydrogens is 452 g/mol. The van der Waals surface area contributed by atoms with Gasteiger partial charge in [-0.25, -0.2) is 9.67 Å². The van der Waals surface area contributed by atoms with Crippen LogP contribution in [-0.4, -0.2) is 44.1 Å². The highest BCUT2D eigenvalue weighted by atomic mass is 32.1. The van der Waals surface area contributed by atoms with Crippen molar-refractivity contribution < 1.29 is 14.3 Å². The van der Waals surface area contributed by atoms with Crippen LogP contribution >= 0.6 is 11.3 Å². The molecule has 0 atom stereocenters. The third-order valence-corrected chi connectivity index (χ3v) is 6.27. The number of carbonyl (C=O) groups is 1. The second kappa shape index (κ2) is 9.02. The van der Waals surface area contributed by atoms with E-state index < -0.39 is 0 Å². The lowest BCUT2D eigenvalue weighted by Gasteiger charge is -2.19. The Balaban J connectivity index is 1.55. The van der Waals surface area contributed by atoms with Crippen molar-refractivity contribution in [1.82, 2.24) is 25.0 Å². The number of benzene rings is 1. The van der Waals surface area contributed by atoms with Crippen LogP contribution in [0.4, 0.5) is 5.13 Å². The fourth-order valence-corrected chi connectivity index (χ4v) is 4.78. The largest absolute Gasteiger partial charge is 0.486 e. The average molecular weight is 479 g/mol. The molecule has 1 aromatic carbocycles. The van der Waals surface area contributed by atoms with E-state index >= 15 is 0 Å². The predicted octanol–water partition coefficient (Wildman–Crippen LogP) is 4.75. The number of nitrogens with one attached hydrogen (secondary N) is 1. The lowest BCUT2D eigenvalue weighted by atomic mass is 10.1. The van der Waals surface area contributed by atoms with E-state index in [0.29, 0.717) is 58.1 Å². The Kier molecular flexibility index (Phi) is 5.91. The molecule has 4 aromatic rings. The second-order valence-electron chi connectivity index (χ2n) is 8.89. The Bertz CT molecular complexity index is 1360. The Morgan fingerprint density at radius 3 is 2.68 bits per heavy atom. The van der Waals surface area contributed by atoms with Gasteiger partial charge in [0.25, 0.3) is 5.91 Å². The Hall–Kier alpha value is -3.53. The van der Waals surface area contributed by atoms with Crippen LogP contribution in [0.15, 0.2) is 30.5 Å². The summed E-state index contributed by atoms with van der Waals surface area (Å²) in [6.45, 7) is 9.33. The highest BCUT2D eigenvalue weighted by Crippen LogP contribution is 2.35. The number of rotatable bonds is 6. The lowest BCUT2D eigenvalue weighted by molar-refractivity contribution is 0.102. The minimum atomic E-state index is -0.276. The zero-order valence-electron chi connectivity index (χ0n) is 19.5. The summed E-state index contributed by atoms with van der Waals surface area (Å²) in [6.07, 6.45) is 2.51. The van der Waals surface area contributed by atoms with Crippen molar-refractivity contribution in [3.05, 3.63) is 41.0 Å². The van der Waals surface area contributed by atoms with Gasteiger partial charge < -0.3 is 9.47 Å². The third-order valence-electron chi connectivity index (χ3n) is 5.41. The number of nitrogens with zero attached hydrogens (tertiary/aromatic N) is 5. The SMILES string of the molecule is CC(C)Cc1nnc(NC(=O)c2cc(-c3ccc4c(c3)OCCO4)nc3c2cnn3C(C)C)s1. The van der Waals surface area contributed by atoms with E-state index in [-0.39, 0.29) is 11.9 Å². The molecule has 10 heteroatoms. The van der Waals surface area contributed by atoms with E-state index in [2.05, 4.69) is 34.5 Å². The first-order valence-corrected chi connectivity index (χ1v) is 12.1. The molecule has 176 valence electrons. The van der Waals surface area contributed by atoms with E-state index in [4.69, 9.17) is 14.5 Å². The van der Waals surface area contributed by atoms with Gasteiger partial charge >= 0.3 is 0 Å². The number of pyridine rings is 1. The number of ether oxygens (including phenoxy) is 2. The van der Waals surface area contributed by atoms with Gasteiger partial charge in [0.2, 0.25) is 5.13 Å². The van der Waals surface area contributed by atoms with Crippen LogP contribution in [0, 0.1) is 5.92 Å². The molecule has 3 aromatic heterocycles. The standard InChI is InChI=1S/C24H26N6O3S/c1-13(2)9-21-28-29-24(34-21)27-23(31)16-11-18(26-22-17(16)12-25-30(22)14(3)4)15-5-6-19-20(10-15)33-8-7-32-19/h5-6,10-14H,7-9H2,1-4H3,(H,27,29,31). The van der Waals surface area contributed by atoms with E-state index in [0.717, 1.165) is 17.0 Å². The number of hydrogen-bond donors (Lipinski definition) is 1. The number of carbonyl (C=O) groups excluding carboxylic acids is 1. The first kappa shape index (κ1) is 22.3. The van der Waals surface area contributed by atoms with Crippen LogP contribution < -0.4 is 14.8 Å². The summed E-state index contributed by atoms with van der Waals surface area (Å²) >= 11 is 1.39. The average Bonchev–Trinajstić information content (AvgIpc) is 3.44. The molecule has 0 radical (unpaired) electrons. The highest BCUT2D eigenvalue weighted by Gasteiger charge is 2.21. The number of hydrogen-bond acceptors (Lipinski definition) is 8. The molecule has 4 heterocycles. The van der Waals surface area contributed by atoms with Gasteiger partial charge in [-0.1, -0.05) is 25.2 Å². The van der Waals surface area contributed by atoms with Crippen molar-refractivity contribution in [2.75, 3.05) is 18.5 Å². The van der Waals surface area contributed by atoms with Crippen LogP contribution in [0.2, 0.25) is 0 Å². The van der Waals surface area contributed by atoms with Crippen molar-refractivity contribution in [2.24, 2.45) is 5.92 Å². The molecule has 5 rings (SSSR count). The maximum atomic E-state index is 13.4. The predicted molar refractivity (Wildman–Crippen MR) is 131 cm³/mol. The molecule has 0 unspecified atom stereocenters. The Labute approximate surface area is 201 Å². The summed E-state index contributed by atoms with van der Waals surface area (Å²) in [4.78, 5) is 18.2. The molecule has 0 bridgehead atoms. The molecule has 1 aliphatic rings. The molecule has 1 N–H and O–H groups in total. The maximum absolute atomic E-state index is 13.4. The van der Waals surface area contributed by atoms with Crippen LogP contribution in [-0.2, 0) is 6.42 Å². The molecule has 9 nitrogen and oxygen atoms in total. The van der Waals surface area contributed by atoms with Crippen LogP contribution in [0.1, 0.15) is 49.1 Å². The van der Waals surface area contributed by atoms with Crippen LogP contribution in [0.25, 0.3) is 22.3 Å². The summed E-state index contributed by atoms with van der Waals surface area (Å²) < 4.78 is 13.2. The Morgan fingerprint density at radius 1 is 1.12 bits per heavy atom. The third kappa shape index (κ3) is 4.33. The van der Waals surface area contributed by atoms with Gasteiger partial charge in [0, 0.05) is 18.0 Å². The van der Waals surface area contributed by atoms with E-state index in [1.807, 2.05) is 36.7 Å². The van der Waals surface area contributed by atoms with Crippen LogP contribution in [0.3, 0.4) is 0 Å². The zero-order chi connectivity index (χ0) is 23.8. The lowest BCUT2D eigenvalue weighted by Crippen LogP contribution is -2.15. The van der Waals surface area contributed by atoms with Gasteiger partial charge in [0.05, 0.1) is 22.8 Å². The molecule has 1 aliphatic heterocycles. The normalized spacial score (nSPS) is 13.1. The van der Waals surface area contributed by atoms with E-state index in [1.165, 1.54) is 11.3 Å². The van der Waals surface area contributed by atoms with Gasteiger partial charge in [-0.2, -0.15) is 5.10 Å². The Morgan fingerprint density at radius 2 is 1.91 bits per heavy atom. The highest BCUT2D eigenvalue weighted by molar-refractivity contribution is 7.15. The van der Waals surface area contributed by atoms with E-state index in [1.54, 1.807) is 12.3 Å². The number of aromatic nitrogens is 5. The minimum absolute atomic E-state index is 0.0816. The molecule has 0 fully saturated rings. The number of amides is 1. The maximum Gasteiger partial charge on any atom is 0.258 e. The summed E-state index contributed by atoms with van der Waals surface area (Å²) in [5, 5.41) is 17.8. The van der Waals surface area contributed by atoms with Gasteiger partial charge in [-0.3, -0.25) is 10.1 Å². The molecule has 1 amide bonds. The smallest absolute Gasteiger partial charge is 0.258 e. The number of fused-ring (bicyclic) bond motifs is 2. The minimum Gasteiger partial charge on any atom is -0.486 e. The van der Waals surface area contributed by atoms with Crippen molar-refractivity contribution in [3.8, 4) is 22.8 Å². The fraction of sp³-hybridized carbons (Fsp3) is 0.375. The first-order valence-electron chi connectivity index (χ1n) is 11.3. The molecule has 34 heavy (non-hydrogen) atoms. The second-order valence-corrected chi connectivity index (χ2v) is 9.95. The monoisotopic (exact) mass is 478 g/mol. The molecule has 0 saturated heterocycles. The van der Waals surface area contributed by atoms with Crippen molar-refractivity contribution in [2.45, 2.75) is 40.2 Å². The van der Waals surface area contributed by atoms with Crippen molar-refractivity contribution >= 4 is 33.4 Å². The first-order chi connectivity index (χ1) is 16.4. The molecule has 0 aliphatic carbocycles. The van der Waals surface area contributed by atoms with Gasteiger partial charge in [0.1, 0.15) is 18.2 Å². The zero-order valence-corrected chi connectivity index (χ0v) is 20.3. The topological polar surface area (TPSA) is 104 Å². The number of anilines is 1. The summed E-state index contributed by atoms with van der Waals surface area (Å²) in [5.41, 5.74) is 2.59. The van der Waals surface area contributed by atoms with Crippen molar-refractivity contribution in [1.29, 1.82) is 0 Å². The summed E-state index contributed by atoms with van der Waals surface area (Å²) in [5.74, 6) is 1.56. The van der Waals surface area contributed by atoms with Crippen molar-refractivity contribution in [3.63, 3.8) is 0 Å². The van der Waals surface area contributed by atoms with E-state index in [9.17, 15) is 4.79 Å². The van der Waals surface area contributed by atoms with Gasteiger partial charge in [-0.05, 0) is 44.0 Å². The summed E-state index contributed by atoms with van der Waals surface area (Å²) in [6, 6.07) is 7.54.